The Bertz CT molecular complexity index is 247. The number of rotatable bonds is 6. The van der Waals surface area contributed by atoms with Gasteiger partial charge in [0.25, 0.3) is 0 Å². The van der Waals surface area contributed by atoms with Crippen molar-refractivity contribution in [1.29, 1.82) is 0 Å². The van der Waals surface area contributed by atoms with E-state index in [-0.39, 0.29) is 5.91 Å². The topological polar surface area (TPSA) is 73.8 Å². The fraction of sp³-hybridized carbons (Fsp3) is 0.800. The van der Waals surface area contributed by atoms with Crippen LogP contribution in [0.25, 0.3) is 0 Å². The Morgan fingerprint density at radius 2 is 1.72 bits per heavy atom. The van der Waals surface area contributed by atoms with Crippen molar-refractivity contribution >= 4 is 24.5 Å². The van der Waals surface area contributed by atoms with Crippen LogP contribution in [-0.2, 0) is 9.59 Å². The molecule has 0 saturated heterocycles. The second kappa shape index (κ2) is 11.3. The summed E-state index contributed by atoms with van der Waals surface area (Å²) in [6.45, 7) is 3.11. The maximum Gasteiger partial charge on any atom is 0.430 e. The van der Waals surface area contributed by atoms with Crippen LogP contribution in [0, 0.1) is 0 Å². The first-order valence-electron chi connectivity index (χ1n) is 5.50. The summed E-state index contributed by atoms with van der Waals surface area (Å²) < 4.78 is 31.5. The molecule has 1 amide bonds. The molecule has 0 aliphatic rings. The van der Waals surface area contributed by atoms with Crippen LogP contribution in [0.3, 0.4) is 0 Å². The van der Waals surface area contributed by atoms with E-state index in [0.717, 1.165) is 13.0 Å². The standard InChI is InChI=1S/C8H17NOS.C2HF3O2/c1-2-3-4-5-6-9-8(10)7-11;3-2(4,5)1(6)7/h11H,2-7H2,1H3,(H,9,10);(H,6,7). The number of quaternary nitrogens is 1. The van der Waals surface area contributed by atoms with Gasteiger partial charge in [0.05, 0.1) is 6.54 Å². The minimum atomic E-state index is -5.19. The van der Waals surface area contributed by atoms with Gasteiger partial charge in [0, 0.05) is 0 Å². The van der Waals surface area contributed by atoms with Crippen molar-refractivity contribution in [3.05, 3.63) is 0 Å². The Balaban J connectivity index is 0. The fourth-order valence-electron chi connectivity index (χ4n) is 0.899. The van der Waals surface area contributed by atoms with Crippen molar-refractivity contribution in [3.8, 4) is 0 Å². The average Bonchev–Trinajstić information content (AvgIpc) is 2.28. The molecule has 0 fully saturated rings. The predicted octanol–water partition coefficient (Wildman–Crippen LogP) is -0.115. The third kappa shape index (κ3) is 15.2. The van der Waals surface area contributed by atoms with Crippen LogP contribution in [-0.4, -0.2) is 30.4 Å². The van der Waals surface area contributed by atoms with Gasteiger partial charge in [0.15, 0.2) is 0 Å². The number of hydrogen-bond acceptors (Lipinski definition) is 4. The Kier molecular flexibility index (Phi) is 12.3. The number of unbranched alkanes of at least 4 members (excludes halogenated alkanes) is 3. The van der Waals surface area contributed by atoms with Crippen molar-refractivity contribution < 1.29 is 33.2 Å². The smallest absolute Gasteiger partial charge is 0.430 e. The zero-order valence-electron chi connectivity index (χ0n) is 10.1. The van der Waals surface area contributed by atoms with Crippen LogP contribution >= 0.6 is 12.6 Å². The summed E-state index contributed by atoms with van der Waals surface area (Å²) in [6, 6.07) is 0. The lowest BCUT2D eigenvalue weighted by Gasteiger charge is -2.03. The number of carboxylic acid groups (broad SMARTS) is 1. The summed E-state index contributed by atoms with van der Waals surface area (Å²) in [5.41, 5.74) is 0. The van der Waals surface area contributed by atoms with E-state index in [1.807, 2.05) is 0 Å². The molecule has 18 heavy (non-hydrogen) atoms. The number of aliphatic carboxylic acids is 1. The molecule has 0 rings (SSSR count). The molecule has 0 spiro atoms. The predicted molar refractivity (Wildman–Crippen MR) is 60.9 cm³/mol. The number of halogens is 3. The Morgan fingerprint density at radius 1 is 1.22 bits per heavy atom. The van der Waals surface area contributed by atoms with Gasteiger partial charge in [-0.1, -0.05) is 19.8 Å². The monoisotopic (exact) mass is 289 g/mol. The Hall–Kier alpha value is -0.760. The zero-order chi connectivity index (χ0) is 14.6. The second-order valence-corrected chi connectivity index (χ2v) is 3.78. The number of thiol groups is 1. The minimum Gasteiger partial charge on any atom is -0.542 e. The molecule has 4 nitrogen and oxygen atoms in total. The van der Waals surface area contributed by atoms with Crippen molar-refractivity contribution in [2.24, 2.45) is 0 Å². The number of primary amides is 1. The van der Waals surface area contributed by atoms with E-state index in [4.69, 9.17) is 9.90 Å². The SMILES string of the molecule is CCCCCC[NH2+]C(=O)CS.O=C([O-])C(F)(F)F. The molecule has 0 atom stereocenters. The van der Waals surface area contributed by atoms with E-state index in [9.17, 15) is 18.0 Å². The van der Waals surface area contributed by atoms with Crippen molar-refractivity contribution in [1.82, 2.24) is 0 Å². The average molecular weight is 289 g/mol. The van der Waals surface area contributed by atoms with Gasteiger partial charge >= 0.3 is 12.1 Å². The number of alkyl halides is 3. The maximum absolute atomic E-state index is 10.7. The molecule has 0 aliphatic heterocycles. The first-order valence-corrected chi connectivity index (χ1v) is 6.14. The van der Waals surface area contributed by atoms with Gasteiger partial charge in [0.1, 0.15) is 11.7 Å². The summed E-state index contributed by atoms with van der Waals surface area (Å²) in [6.07, 6.45) is -0.274. The van der Waals surface area contributed by atoms with Crippen molar-refractivity contribution in [2.45, 2.75) is 38.8 Å². The van der Waals surface area contributed by atoms with Gasteiger partial charge in [-0.3, -0.25) is 5.32 Å². The van der Waals surface area contributed by atoms with Gasteiger partial charge in [-0.15, -0.1) is 0 Å². The molecule has 0 aliphatic carbocycles. The highest BCUT2D eigenvalue weighted by molar-refractivity contribution is 7.81. The maximum atomic E-state index is 10.7. The summed E-state index contributed by atoms with van der Waals surface area (Å²) in [5.74, 6) is -2.49. The van der Waals surface area contributed by atoms with E-state index in [1.165, 1.54) is 19.3 Å². The third-order valence-corrected chi connectivity index (χ3v) is 2.13. The summed E-state index contributed by atoms with van der Waals surface area (Å²) >= 11 is 3.88. The number of carbonyl (C=O) groups is 2. The number of hydrogen-bond donors (Lipinski definition) is 2. The van der Waals surface area contributed by atoms with E-state index in [2.05, 4.69) is 19.6 Å². The van der Waals surface area contributed by atoms with E-state index >= 15 is 0 Å². The van der Waals surface area contributed by atoms with Crippen molar-refractivity contribution in [2.75, 3.05) is 12.3 Å². The van der Waals surface area contributed by atoms with Crippen LogP contribution in [0.4, 0.5) is 13.2 Å². The van der Waals surface area contributed by atoms with E-state index in [1.54, 1.807) is 5.32 Å². The van der Waals surface area contributed by atoms with Crippen LogP contribution in [0.2, 0.25) is 0 Å². The number of amides is 1. The molecule has 108 valence electrons. The normalized spacial score (nSPS) is 10.5. The van der Waals surface area contributed by atoms with Gasteiger partial charge in [-0.05, 0) is 12.8 Å². The molecule has 0 aromatic carbocycles. The van der Waals surface area contributed by atoms with Gasteiger partial charge in [0.2, 0.25) is 0 Å². The molecule has 0 heterocycles. The molecule has 2 N–H and O–H groups in total. The number of carbonyl (C=O) groups excluding carboxylic acids is 2. The Morgan fingerprint density at radius 3 is 2.06 bits per heavy atom. The quantitative estimate of drug-likeness (QED) is 0.529. The van der Waals surface area contributed by atoms with E-state index in [0.29, 0.717) is 5.75 Å². The lowest BCUT2D eigenvalue weighted by molar-refractivity contribution is -0.567. The summed E-state index contributed by atoms with van der Waals surface area (Å²) in [4.78, 5) is 19.5. The molecule has 0 bridgehead atoms. The third-order valence-electron chi connectivity index (χ3n) is 1.82. The molecule has 0 aromatic heterocycles. The minimum absolute atomic E-state index is 0.157. The lowest BCUT2D eigenvalue weighted by Crippen LogP contribution is -2.88. The van der Waals surface area contributed by atoms with Gasteiger partial charge < -0.3 is 9.90 Å². The highest BCUT2D eigenvalue weighted by Crippen LogP contribution is 2.11. The first kappa shape index (κ1) is 19.6. The summed E-state index contributed by atoms with van der Waals surface area (Å²) in [5, 5.41) is 10.5. The zero-order valence-corrected chi connectivity index (χ0v) is 11.0. The Labute approximate surface area is 109 Å². The number of nitrogens with two attached hydrogens (primary N) is 1. The van der Waals surface area contributed by atoms with Crippen LogP contribution in [0.5, 0.6) is 0 Å². The lowest BCUT2D eigenvalue weighted by atomic mass is 10.2. The molecule has 0 radical (unpaired) electrons. The van der Waals surface area contributed by atoms with Gasteiger partial charge in [-0.2, -0.15) is 25.8 Å². The van der Waals surface area contributed by atoms with Crippen LogP contribution in [0.15, 0.2) is 0 Å². The highest BCUT2D eigenvalue weighted by Gasteiger charge is 2.28. The first-order chi connectivity index (χ1) is 8.25. The van der Waals surface area contributed by atoms with E-state index < -0.39 is 12.1 Å². The molecule has 0 unspecified atom stereocenters. The molecule has 0 aromatic rings. The summed E-state index contributed by atoms with van der Waals surface area (Å²) in [7, 11) is 0. The number of carboxylic acids is 1. The molecular weight excluding hydrogens is 271 g/mol. The van der Waals surface area contributed by atoms with Gasteiger partial charge in [-0.25, -0.2) is 4.79 Å². The van der Waals surface area contributed by atoms with Crippen molar-refractivity contribution in [3.63, 3.8) is 0 Å². The molecule has 0 saturated carbocycles. The van der Waals surface area contributed by atoms with Crippen LogP contribution < -0.4 is 10.4 Å². The molecule has 8 heteroatoms. The largest absolute Gasteiger partial charge is 0.542 e. The highest BCUT2D eigenvalue weighted by atomic mass is 32.1. The fourth-order valence-corrected chi connectivity index (χ4v) is 1.03. The molecular formula is C10H18F3NO3S. The second-order valence-electron chi connectivity index (χ2n) is 3.46. The van der Waals surface area contributed by atoms with Crippen LogP contribution in [0.1, 0.15) is 32.6 Å².